The Balaban J connectivity index is 1.41. The minimum Gasteiger partial charge on any atom is -0.382 e. The van der Waals surface area contributed by atoms with Gasteiger partial charge in [-0.15, -0.1) is 6.58 Å². The summed E-state index contributed by atoms with van der Waals surface area (Å²) in [7, 11) is 0. The third-order valence-electron chi connectivity index (χ3n) is 8.53. The van der Waals surface area contributed by atoms with E-state index in [1.165, 1.54) is 5.56 Å². The highest BCUT2D eigenvalue weighted by Gasteiger charge is 2.54. The quantitative estimate of drug-likeness (QED) is 0.353. The zero-order valence-corrected chi connectivity index (χ0v) is 21.7. The number of carbonyl (C=O) groups is 1. The van der Waals surface area contributed by atoms with Crippen LogP contribution in [0.1, 0.15) is 50.8 Å². The summed E-state index contributed by atoms with van der Waals surface area (Å²) >= 11 is 0. The van der Waals surface area contributed by atoms with Crippen molar-refractivity contribution in [3.8, 4) is 0 Å². The van der Waals surface area contributed by atoms with E-state index in [2.05, 4.69) is 55.9 Å². The number of quaternary nitrogens is 1. The van der Waals surface area contributed by atoms with Crippen molar-refractivity contribution in [3.63, 3.8) is 0 Å². The summed E-state index contributed by atoms with van der Waals surface area (Å²) in [6, 6.07) is 18.0. The average molecular weight is 485 g/mol. The van der Waals surface area contributed by atoms with Crippen LogP contribution in [0.4, 0.5) is 5.69 Å². The summed E-state index contributed by atoms with van der Waals surface area (Å²) in [4.78, 5) is 17.9. The molecule has 0 aliphatic carbocycles. The molecule has 2 bridgehead atoms. The molecule has 4 heterocycles. The van der Waals surface area contributed by atoms with Gasteiger partial charge in [0.05, 0.1) is 18.6 Å². The molecule has 0 spiro atoms. The number of amides is 1. The monoisotopic (exact) mass is 484 g/mol. The van der Waals surface area contributed by atoms with Crippen LogP contribution >= 0.6 is 0 Å². The predicted molar refractivity (Wildman–Crippen MR) is 146 cm³/mol. The lowest BCUT2D eigenvalue weighted by molar-refractivity contribution is -0.966. The van der Waals surface area contributed by atoms with E-state index in [1.807, 2.05) is 42.5 Å². The number of fused-ring (bicyclic) bond motifs is 4. The van der Waals surface area contributed by atoms with Crippen LogP contribution in [-0.2, 0) is 10.2 Å². The molecule has 3 saturated heterocycles. The molecule has 5 heteroatoms. The summed E-state index contributed by atoms with van der Waals surface area (Å²) < 4.78 is 0.594. The number of anilines is 1. The number of aliphatic hydroxyl groups excluding tert-OH is 1. The number of hydrogen-bond acceptors (Lipinski definition) is 3. The molecule has 0 unspecified atom stereocenters. The van der Waals surface area contributed by atoms with Gasteiger partial charge >= 0.3 is 0 Å². The summed E-state index contributed by atoms with van der Waals surface area (Å²) in [6.45, 7) is 12.7. The van der Waals surface area contributed by atoms with E-state index < -0.39 is 6.10 Å². The van der Waals surface area contributed by atoms with Crippen molar-refractivity contribution in [2.24, 2.45) is 11.8 Å². The lowest BCUT2D eigenvalue weighted by atomic mass is 9.71. The number of piperidine rings is 3. The van der Waals surface area contributed by atoms with Crippen molar-refractivity contribution >= 4 is 22.5 Å². The Hall–Kier alpha value is -3.02. The van der Waals surface area contributed by atoms with Crippen molar-refractivity contribution in [1.29, 1.82) is 0 Å². The van der Waals surface area contributed by atoms with E-state index in [1.54, 1.807) is 6.20 Å². The maximum atomic E-state index is 13.4. The van der Waals surface area contributed by atoms with Crippen molar-refractivity contribution in [1.82, 2.24) is 4.98 Å². The number of nitrogens with one attached hydrogen (secondary N) is 1. The summed E-state index contributed by atoms with van der Waals surface area (Å²) in [5.74, 6) is 0.872. The topological polar surface area (TPSA) is 62.2 Å². The van der Waals surface area contributed by atoms with Gasteiger partial charge in [-0.1, -0.05) is 57.2 Å². The van der Waals surface area contributed by atoms with Crippen LogP contribution in [0.3, 0.4) is 0 Å². The van der Waals surface area contributed by atoms with E-state index in [0.29, 0.717) is 22.9 Å². The second kappa shape index (κ2) is 9.45. The molecule has 3 aliphatic heterocycles. The minimum atomic E-state index is -0.662. The Morgan fingerprint density at radius 1 is 1.19 bits per heavy atom. The Morgan fingerprint density at radius 3 is 2.67 bits per heavy atom. The number of hydrogen-bond donors (Lipinski definition) is 2. The van der Waals surface area contributed by atoms with Crippen LogP contribution in [0.2, 0.25) is 0 Å². The highest BCUT2D eigenvalue weighted by Crippen LogP contribution is 2.47. The molecular weight excluding hydrogens is 446 g/mol. The SMILES string of the molecule is C=C[C@H]1C[N@+]2(CC(=O)Nc3ccc(C(C)(C)C)cc3)CC[C@H]1C[C@@H]2[C@@H](O)c1ccnc2ccccc12. The second-order valence-corrected chi connectivity index (χ2v) is 11.8. The first kappa shape index (κ1) is 24.7. The number of pyridine rings is 1. The first-order valence-electron chi connectivity index (χ1n) is 13.1. The van der Waals surface area contributed by atoms with E-state index in [-0.39, 0.29) is 17.4 Å². The van der Waals surface area contributed by atoms with Crippen LogP contribution in [-0.4, -0.2) is 46.2 Å². The van der Waals surface area contributed by atoms with Gasteiger partial charge in [0, 0.05) is 36.0 Å². The lowest BCUT2D eigenvalue weighted by Crippen LogP contribution is -2.69. The molecule has 188 valence electrons. The van der Waals surface area contributed by atoms with E-state index in [9.17, 15) is 9.90 Å². The maximum absolute atomic E-state index is 13.4. The molecule has 1 aromatic heterocycles. The first-order chi connectivity index (χ1) is 17.2. The van der Waals surface area contributed by atoms with Gasteiger partial charge in [-0.25, -0.2) is 0 Å². The lowest BCUT2D eigenvalue weighted by Gasteiger charge is -2.57. The molecule has 6 rings (SSSR count). The van der Waals surface area contributed by atoms with Crippen molar-refractivity contribution in [2.45, 2.75) is 51.2 Å². The van der Waals surface area contributed by atoms with Crippen LogP contribution < -0.4 is 5.32 Å². The summed E-state index contributed by atoms with van der Waals surface area (Å²) in [6.07, 6.45) is 5.13. The number of aliphatic hydroxyl groups is 1. The Bertz CT molecular complexity index is 1260. The van der Waals surface area contributed by atoms with Crippen molar-refractivity contribution in [3.05, 3.63) is 84.6 Å². The van der Waals surface area contributed by atoms with E-state index >= 15 is 0 Å². The number of nitrogens with zero attached hydrogens (tertiary/aromatic N) is 2. The minimum absolute atomic E-state index is 0.00143. The molecule has 5 nitrogen and oxygen atoms in total. The van der Waals surface area contributed by atoms with Crippen LogP contribution in [0.25, 0.3) is 10.9 Å². The molecule has 0 saturated carbocycles. The van der Waals surface area contributed by atoms with E-state index in [4.69, 9.17) is 0 Å². The number of aromatic nitrogens is 1. The molecule has 2 aromatic carbocycles. The largest absolute Gasteiger partial charge is 0.382 e. The second-order valence-electron chi connectivity index (χ2n) is 11.8. The molecule has 5 atom stereocenters. The fraction of sp³-hybridized carbons (Fsp3) is 0.419. The van der Waals surface area contributed by atoms with Gasteiger partial charge in [0.2, 0.25) is 0 Å². The molecule has 1 amide bonds. The Kier molecular flexibility index (Phi) is 6.48. The van der Waals surface area contributed by atoms with Crippen LogP contribution in [0, 0.1) is 11.8 Å². The molecule has 36 heavy (non-hydrogen) atoms. The van der Waals surface area contributed by atoms with Crippen LogP contribution in [0.15, 0.2) is 73.4 Å². The predicted octanol–water partition coefficient (Wildman–Crippen LogP) is 5.62. The van der Waals surface area contributed by atoms with Crippen LogP contribution in [0.5, 0.6) is 0 Å². The number of carbonyl (C=O) groups excluding carboxylic acids is 1. The van der Waals surface area contributed by atoms with Gasteiger partial charge in [0.1, 0.15) is 12.1 Å². The molecule has 0 radical (unpaired) electrons. The van der Waals surface area contributed by atoms with Gasteiger partial charge in [-0.05, 0) is 46.7 Å². The van der Waals surface area contributed by atoms with Crippen molar-refractivity contribution in [2.75, 3.05) is 25.0 Å². The van der Waals surface area contributed by atoms with Gasteiger partial charge in [-0.2, -0.15) is 0 Å². The van der Waals surface area contributed by atoms with Gasteiger partial charge in [-0.3, -0.25) is 9.78 Å². The zero-order chi connectivity index (χ0) is 25.5. The third kappa shape index (κ3) is 4.58. The molecule has 3 aliphatic rings. The summed E-state index contributed by atoms with van der Waals surface area (Å²) in [5.41, 5.74) is 3.91. The molecular formula is C31H38N3O2+. The van der Waals surface area contributed by atoms with Crippen molar-refractivity contribution < 1.29 is 14.4 Å². The molecule has 3 fully saturated rings. The number of para-hydroxylation sites is 1. The Morgan fingerprint density at radius 2 is 1.94 bits per heavy atom. The molecule has 2 N–H and O–H groups in total. The smallest absolute Gasteiger partial charge is 0.279 e. The standard InChI is InChI=1S/C31H37N3O2/c1-5-21-19-34(20-29(35)33-24-12-10-23(11-13-24)31(2,3)4)17-15-22(21)18-28(34)30(36)26-14-16-32-27-9-7-6-8-25(26)27/h5-14,16,21-22,28,30,36H,1,15,17-20H2,2-4H3/p+1/t21-,22-,28+,30-,34-/m0/s1. The van der Waals surface area contributed by atoms with Gasteiger partial charge in [0.15, 0.2) is 6.54 Å². The van der Waals surface area contributed by atoms with Gasteiger partial charge < -0.3 is 14.9 Å². The first-order valence-corrected chi connectivity index (χ1v) is 13.1. The number of benzene rings is 2. The number of rotatable bonds is 6. The maximum Gasteiger partial charge on any atom is 0.279 e. The van der Waals surface area contributed by atoms with Gasteiger partial charge in [0.25, 0.3) is 5.91 Å². The highest BCUT2D eigenvalue weighted by atomic mass is 16.3. The zero-order valence-electron chi connectivity index (χ0n) is 21.7. The Labute approximate surface area is 214 Å². The average Bonchev–Trinajstić information content (AvgIpc) is 2.87. The third-order valence-corrected chi connectivity index (χ3v) is 8.53. The normalized spacial score (nSPS) is 26.5. The van der Waals surface area contributed by atoms with E-state index in [0.717, 1.165) is 48.1 Å². The summed E-state index contributed by atoms with van der Waals surface area (Å²) in [5, 5.41) is 15.9. The molecule has 3 aromatic rings. The fourth-order valence-corrected chi connectivity index (χ4v) is 6.50. The fourth-order valence-electron chi connectivity index (χ4n) is 6.50. The highest BCUT2D eigenvalue weighted by molar-refractivity contribution is 5.91.